The largest absolute Gasteiger partial charge is 0.373 e. The van der Waals surface area contributed by atoms with Gasteiger partial charge in [0.2, 0.25) is 0 Å². The first-order chi connectivity index (χ1) is 16.7. The number of halogens is 2. The molecule has 1 amide bonds. The predicted octanol–water partition coefficient (Wildman–Crippen LogP) is 2.18. The van der Waals surface area contributed by atoms with Crippen molar-refractivity contribution in [3.63, 3.8) is 0 Å². The Balaban J connectivity index is 1.68. The number of amidine groups is 1. The van der Waals surface area contributed by atoms with Gasteiger partial charge < -0.3 is 16.0 Å². The summed E-state index contributed by atoms with van der Waals surface area (Å²) in [5.74, 6) is -2.50. The Morgan fingerprint density at radius 3 is 2.69 bits per heavy atom. The molecular weight excluding hydrogens is 458 g/mol. The Bertz CT molecular complexity index is 1300. The second-order valence-corrected chi connectivity index (χ2v) is 7.91. The van der Waals surface area contributed by atoms with E-state index in [0.29, 0.717) is 11.6 Å². The molecule has 0 bridgehead atoms. The molecule has 0 spiro atoms. The number of anilines is 1. The summed E-state index contributed by atoms with van der Waals surface area (Å²) in [5.41, 5.74) is -0.108. The Kier molecular flexibility index (Phi) is 6.45. The van der Waals surface area contributed by atoms with Crippen molar-refractivity contribution >= 4 is 24.1 Å². The lowest BCUT2D eigenvalue weighted by Gasteiger charge is -2.36. The molecule has 35 heavy (non-hydrogen) atoms. The first kappa shape index (κ1) is 23.8. The van der Waals surface area contributed by atoms with Crippen molar-refractivity contribution in [3.8, 4) is 5.82 Å². The Labute approximate surface area is 199 Å². The molecule has 3 heterocycles. The van der Waals surface area contributed by atoms with Gasteiger partial charge in [0.05, 0.1) is 11.6 Å². The number of hydrazone groups is 1. The quantitative estimate of drug-likeness (QED) is 0.429. The van der Waals surface area contributed by atoms with E-state index in [-0.39, 0.29) is 41.3 Å². The zero-order chi connectivity index (χ0) is 25.2. The number of aliphatic imine (C=N–C) groups is 1. The van der Waals surface area contributed by atoms with Crippen LogP contribution in [0.15, 0.2) is 80.9 Å². The highest BCUT2D eigenvalue weighted by molar-refractivity contribution is 6.06. The van der Waals surface area contributed by atoms with E-state index in [1.165, 1.54) is 16.5 Å². The number of carbonyl (C=O) groups is 1. The summed E-state index contributed by atoms with van der Waals surface area (Å²) in [6, 6.07) is 7.24. The van der Waals surface area contributed by atoms with Crippen LogP contribution in [-0.4, -0.2) is 52.0 Å². The van der Waals surface area contributed by atoms with E-state index in [1.807, 2.05) is 0 Å². The lowest BCUT2D eigenvalue weighted by atomic mass is 9.87. The Morgan fingerprint density at radius 1 is 1.29 bits per heavy atom. The number of carbonyl (C=O) groups excluding carboxylic acids is 1. The monoisotopic (exact) mass is 482 g/mol. The maximum absolute atomic E-state index is 13.7. The number of nitrogens with zero attached hydrogens (tertiary/aromatic N) is 5. The van der Waals surface area contributed by atoms with Crippen LogP contribution in [0.1, 0.15) is 19.8 Å². The van der Waals surface area contributed by atoms with Crippen LogP contribution in [-0.2, 0) is 4.79 Å². The van der Waals surface area contributed by atoms with Gasteiger partial charge >= 0.3 is 0 Å². The van der Waals surface area contributed by atoms with Crippen molar-refractivity contribution in [2.75, 3.05) is 12.4 Å². The van der Waals surface area contributed by atoms with E-state index >= 15 is 0 Å². The Hall–Kier alpha value is -4.35. The van der Waals surface area contributed by atoms with Crippen LogP contribution < -0.4 is 21.5 Å². The van der Waals surface area contributed by atoms with E-state index in [9.17, 15) is 18.4 Å². The third kappa shape index (κ3) is 4.67. The van der Waals surface area contributed by atoms with Crippen molar-refractivity contribution in [2.24, 2.45) is 10.1 Å². The van der Waals surface area contributed by atoms with Crippen LogP contribution in [0.4, 0.5) is 14.5 Å². The molecule has 10 nitrogen and oxygen atoms in total. The van der Waals surface area contributed by atoms with Gasteiger partial charge in [-0.3, -0.25) is 14.2 Å². The number of amides is 1. The van der Waals surface area contributed by atoms with Crippen molar-refractivity contribution in [3.05, 3.63) is 76.4 Å². The number of hydrogen-bond acceptors (Lipinski definition) is 8. The molecular formula is C23H24F2N8O2. The highest BCUT2D eigenvalue weighted by atomic mass is 19.3. The molecule has 0 saturated heterocycles. The van der Waals surface area contributed by atoms with Gasteiger partial charge in [0.15, 0.2) is 5.82 Å². The van der Waals surface area contributed by atoms with Crippen molar-refractivity contribution in [1.82, 2.24) is 25.2 Å². The van der Waals surface area contributed by atoms with Crippen LogP contribution in [0.5, 0.6) is 0 Å². The van der Waals surface area contributed by atoms with E-state index in [2.05, 4.69) is 37.7 Å². The van der Waals surface area contributed by atoms with Gasteiger partial charge in [0.1, 0.15) is 23.2 Å². The number of aromatic nitrogens is 2. The average Bonchev–Trinajstić information content (AvgIpc) is 2.87. The molecule has 2 aromatic rings. The number of pyridine rings is 2. The molecule has 0 aromatic carbocycles. The zero-order valence-electron chi connectivity index (χ0n) is 19.1. The van der Waals surface area contributed by atoms with Gasteiger partial charge in [-0.2, -0.15) is 10.1 Å². The van der Waals surface area contributed by atoms with Crippen LogP contribution >= 0.6 is 0 Å². The number of nitrogens with one attached hydrogen (secondary N) is 3. The first-order valence-corrected chi connectivity index (χ1v) is 10.8. The van der Waals surface area contributed by atoms with E-state index in [1.54, 1.807) is 55.8 Å². The Morgan fingerprint density at radius 2 is 2.09 bits per heavy atom. The molecule has 1 saturated carbocycles. The maximum Gasteiger partial charge on any atom is 0.279 e. The fraction of sp³-hybridized carbons (Fsp3) is 0.261. The standard InChI is InChI=1S/C23H24F2N8O2/c1-14(21(34)30-16-9-10-23(16,24)25)20-31-17(13-19(26-2)33(20)27-3)29-15-7-6-12-32(22(15)35)18-8-4-5-11-28-18/h4-8,11-13,16,26H,3,9-10H2,1-2H3,(H,29,31)(H,30,34)/b20-14+/t16-/m1/s1. The fourth-order valence-electron chi connectivity index (χ4n) is 3.58. The molecule has 3 N–H and O–H groups in total. The van der Waals surface area contributed by atoms with E-state index < -0.39 is 17.9 Å². The summed E-state index contributed by atoms with van der Waals surface area (Å²) in [5, 5.41) is 13.4. The van der Waals surface area contributed by atoms with Crippen molar-refractivity contribution in [1.29, 1.82) is 0 Å². The van der Waals surface area contributed by atoms with Gasteiger partial charge in [0, 0.05) is 38.7 Å². The van der Waals surface area contributed by atoms with Crippen molar-refractivity contribution in [2.45, 2.75) is 31.7 Å². The third-order valence-corrected chi connectivity index (χ3v) is 5.69. The summed E-state index contributed by atoms with van der Waals surface area (Å²) in [6.45, 7) is 4.97. The zero-order valence-corrected chi connectivity index (χ0v) is 19.1. The van der Waals surface area contributed by atoms with Gasteiger partial charge in [-0.15, -0.1) is 0 Å². The number of rotatable bonds is 6. The van der Waals surface area contributed by atoms with Gasteiger partial charge in [-0.1, -0.05) is 6.07 Å². The normalized spacial score (nSPS) is 20.1. The molecule has 12 heteroatoms. The molecule has 182 valence electrons. The van der Waals surface area contributed by atoms with Crippen LogP contribution in [0.25, 0.3) is 5.82 Å². The third-order valence-electron chi connectivity index (χ3n) is 5.69. The predicted molar refractivity (Wildman–Crippen MR) is 128 cm³/mol. The molecule has 1 aliphatic heterocycles. The topological polar surface area (TPSA) is 116 Å². The van der Waals surface area contributed by atoms with Crippen LogP contribution in [0.2, 0.25) is 0 Å². The lowest BCUT2D eigenvalue weighted by Crippen LogP contribution is -2.55. The maximum atomic E-state index is 13.7. The summed E-state index contributed by atoms with van der Waals surface area (Å²) in [7, 11) is 1.63. The van der Waals surface area contributed by atoms with E-state index in [0.717, 1.165) is 0 Å². The molecule has 1 aliphatic carbocycles. The van der Waals surface area contributed by atoms with Gasteiger partial charge in [0.25, 0.3) is 17.4 Å². The second-order valence-electron chi connectivity index (χ2n) is 7.91. The number of alkyl halides is 2. The molecule has 2 aromatic heterocycles. The fourth-order valence-corrected chi connectivity index (χ4v) is 3.58. The smallest absolute Gasteiger partial charge is 0.279 e. The molecule has 0 radical (unpaired) electrons. The highest BCUT2D eigenvalue weighted by Gasteiger charge is 2.49. The highest BCUT2D eigenvalue weighted by Crippen LogP contribution is 2.37. The summed E-state index contributed by atoms with van der Waals surface area (Å²) in [6.07, 6.45) is 4.67. The van der Waals surface area contributed by atoms with E-state index in [4.69, 9.17) is 0 Å². The SMILES string of the molecule is C=NN1C(NC)=CC(Nc2cccn(-c3ccccn3)c2=O)=N/C1=C(/C)C(=O)N[C@@H]1CCC1(F)F. The minimum atomic E-state index is -2.93. The molecule has 4 rings (SSSR count). The van der Waals surface area contributed by atoms with Crippen LogP contribution in [0.3, 0.4) is 0 Å². The summed E-state index contributed by atoms with van der Waals surface area (Å²) >= 11 is 0. The van der Waals surface area contributed by atoms with Crippen molar-refractivity contribution < 1.29 is 13.6 Å². The minimum absolute atomic E-state index is 0.0548. The van der Waals surface area contributed by atoms with Gasteiger partial charge in [-0.05, 0) is 37.6 Å². The molecule has 0 unspecified atom stereocenters. The van der Waals surface area contributed by atoms with Crippen LogP contribution in [0, 0.1) is 0 Å². The summed E-state index contributed by atoms with van der Waals surface area (Å²) < 4.78 is 28.7. The molecule has 1 atom stereocenters. The molecule has 1 fully saturated rings. The van der Waals surface area contributed by atoms with Gasteiger partial charge in [-0.25, -0.2) is 18.8 Å². The molecule has 2 aliphatic rings. The summed E-state index contributed by atoms with van der Waals surface area (Å²) in [4.78, 5) is 34.4. The first-order valence-electron chi connectivity index (χ1n) is 10.8. The lowest BCUT2D eigenvalue weighted by molar-refractivity contribution is -0.133. The minimum Gasteiger partial charge on any atom is -0.373 e. The second kappa shape index (κ2) is 9.49. The average molecular weight is 482 g/mol. The number of hydrogen-bond donors (Lipinski definition) is 3.